The van der Waals surface area contributed by atoms with E-state index in [2.05, 4.69) is 9.97 Å². The smallest absolute Gasteiger partial charge is 0.135 e. The number of rotatable bonds is 3. The van der Waals surface area contributed by atoms with Crippen molar-refractivity contribution in [3.63, 3.8) is 0 Å². The van der Waals surface area contributed by atoms with E-state index in [1.807, 2.05) is 13.8 Å². The number of benzene rings is 1. The standard InChI is InChI=1S/C14H16FN3/c1-3-12-9(2)14(16)18-13(17-12)8-10-4-6-11(15)7-5-10/h4-7H,3,8H2,1-2H3,(H2,16,17,18). The first-order valence-corrected chi connectivity index (χ1v) is 5.96. The van der Waals surface area contributed by atoms with E-state index in [-0.39, 0.29) is 5.82 Å². The Morgan fingerprint density at radius 2 is 1.83 bits per heavy atom. The first kappa shape index (κ1) is 12.5. The summed E-state index contributed by atoms with van der Waals surface area (Å²) < 4.78 is 12.8. The molecular formula is C14H16FN3. The molecule has 0 fully saturated rings. The van der Waals surface area contributed by atoms with Crippen molar-refractivity contribution in [3.05, 3.63) is 52.7 Å². The molecule has 0 aliphatic heterocycles. The lowest BCUT2D eigenvalue weighted by Crippen LogP contribution is -2.07. The molecule has 0 amide bonds. The second-order valence-corrected chi connectivity index (χ2v) is 4.25. The van der Waals surface area contributed by atoms with Crippen LogP contribution in [0.25, 0.3) is 0 Å². The zero-order valence-electron chi connectivity index (χ0n) is 10.6. The van der Waals surface area contributed by atoms with E-state index in [0.717, 1.165) is 23.2 Å². The Morgan fingerprint density at radius 3 is 2.44 bits per heavy atom. The molecule has 4 heteroatoms. The van der Waals surface area contributed by atoms with Crippen LogP contribution < -0.4 is 5.73 Å². The highest BCUT2D eigenvalue weighted by molar-refractivity contribution is 5.41. The average molecular weight is 245 g/mol. The number of hydrogen-bond donors (Lipinski definition) is 1. The van der Waals surface area contributed by atoms with Crippen molar-refractivity contribution in [1.82, 2.24) is 9.97 Å². The van der Waals surface area contributed by atoms with Gasteiger partial charge in [-0.25, -0.2) is 14.4 Å². The molecule has 1 aromatic heterocycles. The monoisotopic (exact) mass is 245 g/mol. The molecule has 0 atom stereocenters. The molecule has 2 aromatic rings. The molecule has 0 radical (unpaired) electrons. The fourth-order valence-corrected chi connectivity index (χ4v) is 1.84. The summed E-state index contributed by atoms with van der Waals surface area (Å²) in [6.45, 7) is 3.96. The molecule has 0 spiro atoms. The second-order valence-electron chi connectivity index (χ2n) is 4.25. The van der Waals surface area contributed by atoms with Crippen LogP contribution in [-0.4, -0.2) is 9.97 Å². The summed E-state index contributed by atoms with van der Waals surface area (Å²) in [6, 6.07) is 6.35. The summed E-state index contributed by atoms with van der Waals surface area (Å²) in [4.78, 5) is 8.76. The number of nitrogens with zero attached hydrogens (tertiary/aromatic N) is 2. The van der Waals surface area contributed by atoms with Crippen molar-refractivity contribution < 1.29 is 4.39 Å². The molecule has 2 rings (SSSR count). The SMILES string of the molecule is CCc1nc(Cc2ccc(F)cc2)nc(N)c1C. The van der Waals surface area contributed by atoms with Gasteiger partial charge in [0.25, 0.3) is 0 Å². The van der Waals surface area contributed by atoms with Crippen LogP contribution in [-0.2, 0) is 12.8 Å². The van der Waals surface area contributed by atoms with E-state index >= 15 is 0 Å². The summed E-state index contributed by atoms with van der Waals surface area (Å²) in [5, 5.41) is 0. The van der Waals surface area contributed by atoms with Crippen LogP contribution in [0.3, 0.4) is 0 Å². The van der Waals surface area contributed by atoms with E-state index in [1.54, 1.807) is 12.1 Å². The number of aromatic nitrogens is 2. The Kier molecular flexibility index (Phi) is 3.55. The average Bonchev–Trinajstić information content (AvgIpc) is 2.36. The fourth-order valence-electron chi connectivity index (χ4n) is 1.84. The number of anilines is 1. The lowest BCUT2D eigenvalue weighted by molar-refractivity contribution is 0.627. The van der Waals surface area contributed by atoms with Gasteiger partial charge in [-0.2, -0.15) is 0 Å². The molecule has 0 bridgehead atoms. The molecule has 2 N–H and O–H groups in total. The molecule has 3 nitrogen and oxygen atoms in total. The lowest BCUT2D eigenvalue weighted by Gasteiger charge is -2.08. The largest absolute Gasteiger partial charge is 0.383 e. The Labute approximate surface area is 106 Å². The third-order valence-electron chi connectivity index (χ3n) is 2.94. The van der Waals surface area contributed by atoms with Gasteiger partial charge in [0, 0.05) is 17.7 Å². The Balaban J connectivity index is 2.29. The highest BCUT2D eigenvalue weighted by atomic mass is 19.1. The lowest BCUT2D eigenvalue weighted by atomic mass is 10.1. The van der Waals surface area contributed by atoms with E-state index < -0.39 is 0 Å². The van der Waals surface area contributed by atoms with Crippen LogP contribution in [0.15, 0.2) is 24.3 Å². The van der Waals surface area contributed by atoms with Crippen molar-refractivity contribution in [2.24, 2.45) is 0 Å². The van der Waals surface area contributed by atoms with Crippen molar-refractivity contribution >= 4 is 5.82 Å². The van der Waals surface area contributed by atoms with Gasteiger partial charge in [0.1, 0.15) is 17.5 Å². The maximum absolute atomic E-state index is 12.8. The third-order valence-corrected chi connectivity index (χ3v) is 2.94. The quantitative estimate of drug-likeness (QED) is 0.904. The van der Waals surface area contributed by atoms with E-state index in [0.29, 0.717) is 18.1 Å². The highest BCUT2D eigenvalue weighted by Crippen LogP contribution is 2.15. The van der Waals surface area contributed by atoms with E-state index in [1.165, 1.54) is 12.1 Å². The van der Waals surface area contributed by atoms with Gasteiger partial charge >= 0.3 is 0 Å². The molecule has 0 aliphatic rings. The first-order valence-electron chi connectivity index (χ1n) is 5.96. The van der Waals surface area contributed by atoms with Gasteiger partial charge in [0.05, 0.1) is 0 Å². The van der Waals surface area contributed by atoms with Crippen LogP contribution in [0.4, 0.5) is 10.2 Å². The van der Waals surface area contributed by atoms with Crippen molar-refractivity contribution in [1.29, 1.82) is 0 Å². The summed E-state index contributed by atoms with van der Waals surface area (Å²) in [7, 11) is 0. The summed E-state index contributed by atoms with van der Waals surface area (Å²) in [5.74, 6) is 0.970. The molecular weight excluding hydrogens is 229 g/mol. The van der Waals surface area contributed by atoms with Gasteiger partial charge in [0.2, 0.25) is 0 Å². The van der Waals surface area contributed by atoms with Crippen LogP contribution in [0.2, 0.25) is 0 Å². The Bertz CT molecular complexity index is 550. The van der Waals surface area contributed by atoms with Crippen molar-refractivity contribution in [2.75, 3.05) is 5.73 Å². The maximum atomic E-state index is 12.8. The van der Waals surface area contributed by atoms with Gasteiger partial charge < -0.3 is 5.73 Å². The minimum absolute atomic E-state index is 0.239. The number of halogens is 1. The van der Waals surface area contributed by atoms with Crippen LogP contribution in [0, 0.1) is 12.7 Å². The van der Waals surface area contributed by atoms with Gasteiger partial charge in [-0.1, -0.05) is 19.1 Å². The number of hydrogen-bond acceptors (Lipinski definition) is 3. The number of nitrogens with two attached hydrogens (primary N) is 1. The summed E-state index contributed by atoms with van der Waals surface area (Å²) in [6.07, 6.45) is 1.40. The maximum Gasteiger partial charge on any atom is 0.135 e. The minimum atomic E-state index is -0.239. The van der Waals surface area contributed by atoms with E-state index in [4.69, 9.17) is 5.73 Å². The van der Waals surface area contributed by atoms with E-state index in [9.17, 15) is 4.39 Å². The zero-order chi connectivity index (χ0) is 13.1. The topological polar surface area (TPSA) is 51.8 Å². The molecule has 0 saturated carbocycles. The van der Waals surface area contributed by atoms with Gasteiger partial charge in [-0.05, 0) is 31.0 Å². The van der Waals surface area contributed by atoms with Crippen LogP contribution in [0.5, 0.6) is 0 Å². The first-order chi connectivity index (χ1) is 8.60. The van der Waals surface area contributed by atoms with Crippen LogP contribution >= 0.6 is 0 Å². The molecule has 18 heavy (non-hydrogen) atoms. The predicted molar refractivity (Wildman–Crippen MR) is 69.8 cm³/mol. The minimum Gasteiger partial charge on any atom is -0.383 e. The predicted octanol–water partition coefficient (Wildman–Crippen LogP) is 2.66. The molecule has 94 valence electrons. The number of aryl methyl sites for hydroxylation is 1. The zero-order valence-corrected chi connectivity index (χ0v) is 10.6. The normalized spacial score (nSPS) is 10.6. The van der Waals surface area contributed by atoms with Gasteiger partial charge in [0.15, 0.2) is 0 Å². The molecule has 0 saturated heterocycles. The summed E-state index contributed by atoms with van der Waals surface area (Å²) >= 11 is 0. The van der Waals surface area contributed by atoms with Crippen molar-refractivity contribution in [2.45, 2.75) is 26.7 Å². The Morgan fingerprint density at radius 1 is 1.17 bits per heavy atom. The fraction of sp³-hybridized carbons (Fsp3) is 0.286. The molecule has 1 aromatic carbocycles. The second kappa shape index (κ2) is 5.12. The van der Waals surface area contributed by atoms with Crippen LogP contribution in [0.1, 0.15) is 29.6 Å². The van der Waals surface area contributed by atoms with Gasteiger partial charge in [-0.15, -0.1) is 0 Å². The van der Waals surface area contributed by atoms with Crippen molar-refractivity contribution in [3.8, 4) is 0 Å². The third kappa shape index (κ3) is 2.64. The van der Waals surface area contributed by atoms with Gasteiger partial charge in [-0.3, -0.25) is 0 Å². The summed E-state index contributed by atoms with van der Waals surface area (Å²) in [5.41, 5.74) is 8.75. The molecule has 0 unspecified atom stereocenters. The Hall–Kier alpha value is -1.97. The molecule has 0 aliphatic carbocycles. The number of nitrogen functional groups attached to an aromatic ring is 1. The highest BCUT2D eigenvalue weighted by Gasteiger charge is 2.07. The molecule has 1 heterocycles.